The van der Waals surface area contributed by atoms with Crippen molar-refractivity contribution < 1.29 is 19.1 Å². The fourth-order valence-corrected chi connectivity index (χ4v) is 2.72. The number of carbonyl (C=O) groups excluding carboxylic acids is 2. The number of carbonyl (C=O) groups is 2. The molecule has 2 N–H and O–H groups in total. The van der Waals surface area contributed by atoms with Crippen LogP contribution in [-0.2, 0) is 15.2 Å². The summed E-state index contributed by atoms with van der Waals surface area (Å²) in [6.45, 7) is 4.69. The maximum absolute atomic E-state index is 12.3. The van der Waals surface area contributed by atoms with Crippen molar-refractivity contribution in [2.24, 2.45) is 5.92 Å². The molecule has 1 aromatic rings. The van der Waals surface area contributed by atoms with Crippen molar-refractivity contribution in [1.29, 1.82) is 0 Å². The van der Waals surface area contributed by atoms with Gasteiger partial charge < -0.3 is 19.7 Å². The van der Waals surface area contributed by atoms with Gasteiger partial charge in [0.25, 0.3) is 0 Å². The van der Waals surface area contributed by atoms with Crippen molar-refractivity contribution in [1.82, 2.24) is 10.2 Å². The summed E-state index contributed by atoms with van der Waals surface area (Å²) in [4.78, 5) is 25.8. The van der Waals surface area contributed by atoms with Crippen molar-refractivity contribution >= 4 is 11.8 Å². The molecule has 0 bridgehead atoms. The second-order valence-corrected chi connectivity index (χ2v) is 6.00. The Morgan fingerprint density at radius 1 is 1.55 bits per heavy atom. The number of piperidine rings is 1. The zero-order chi connectivity index (χ0) is 16.2. The molecule has 122 valence electrons. The van der Waals surface area contributed by atoms with Crippen LogP contribution in [0.4, 0.5) is 0 Å². The van der Waals surface area contributed by atoms with E-state index in [9.17, 15) is 14.7 Å². The van der Waals surface area contributed by atoms with Gasteiger partial charge in [0.05, 0.1) is 18.7 Å². The maximum atomic E-state index is 12.3. The molecular formula is C16H24N2O4. The Kier molecular flexibility index (Phi) is 5.24. The van der Waals surface area contributed by atoms with E-state index in [0.717, 1.165) is 19.4 Å². The number of furan rings is 1. The molecule has 2 heterocycles. The largest absolute Gasteiger partial charge is 0.466 e. The lowest BCUT2D eigenvalue weighted by atomic mass is 9.96. The van der Waals surface area contributed by atoms with E-state index in [4.69, 9.17) is 4.42 Å². The molecule has 1 aliphatic heterocycles. The number of amides is 2. The first-order valence-electron chi connectivity index (χ1n) is 7.76. The summed E-state index contributed by atoms with van der Waals surface area (Å²) in [7, 11) is 0. The van der Waals surface area contributed by atoms with Crippen molar-refractivity contribution in [3.63, 3.8) is 0 Å². The normalized spacial score (nSPS) is 21.2. The maximum Gasteiger partial charge on any atom is 0.225 e. The Morgan fingerprint density at radius 2 is 2.32 bits per heavy atom. The van der Waals surface area contributed by atoms with Gasteiger partial charge in [0, 0.05) is 19.5 Å². The van der Waals surface area contributed by atoms with E-state index in [-0.39, 0.29) is 24.3 Å². The minimum atomic E-state index is -1.24. The number of nitrogens with zero attached hydrogens (tertiary/aromatic N) is 1. The van der Waals surface area contributed by atoms with Crippen LogP contribution < -0.4 is 5.32 Å². The molecule has 6 nitrogen and oxygen atoms in total. The van der Waals surface area contributed by atoms with Gasteiger partial charge in [-0.15, -0.1) is 0 Å². The zero-order valence-corrected chi connectivity index (χ0v) is 13.2. The third-order valence-electron chi connectivity index (χ3n) is 4.11. The fourth-order valence-electron chi connectivity index (χ4n) is 2.72. The van der Waals surface area contributed by atoms with E-state index >= 15 is 0 Å². The Labute approximate surface area is 130 Å². The lowest BCUT2D eigenvalue weighted by Gasteiger charge is -2.32. The molecule has 0 aliphatic carbocycles. The summed E-state index contributed by atoms with van der Waals surface area (Å²) in [6, 6.07) is 3.37. The molecule has 22 heavy (non-hydrogen) atoms. The summed E-state index contributed by atoms with van der Waals surface area (Å²) in [5, 5.41) is 13.1. The quantitative estimate of drug-likeness (QED) is 0.857. The van der Waals surface area contributed by atoms with E-state index in [2.05, 4.69) is 5.32 Å². The van der Waals surface area contributed by atoms with Crippen molar-refractivity contribution in [2.45, 2.75) is 38.7 Å². The number of aliphatic hydroxyl groups is 1. The average molecular weight is 308 g/mol. The number of hydrogen-bond acceptors (Lipinski definition) is 4. The summed E-state index contributed by atoms with van der Waals surface area (Å²) in [5.74, 6) is 0.163. The van der Waals surface area contributed by atoms with Crippen LogP contribution in [0.3, 0.4) is 0 Å². The molecule has 1 saturated heterocycles. The summed E-state index contributed by atoms with van der Waals surface area (Å²) < 4.78 is 5.18. The van der Waals surface area contributed by atoms with Crippen LogP contribution in [0, 0.1) is 5.92 Å². The van der Waals surface area contributed by atoms with E-state index in [1.54, 1.807) is 24.0 Å². The molecule has 6 heteroatoms. The SMILES string of the molecule is CCC(=O)N1CCCC(C(=O)NCC(C)(O)c2ccco2)C1. The van der Waals surface area contributed by atoms with Crippen molar-refractivity contribution in [3.8, 4) is 0 Å². The predicted molar refractivity (Wildman–Crippen MR) is 80.9 cm³/mol. The van der Waals surface area contributed by atoms with Crippen molar-refractivity contribution in [2.75, 3.05) is 19.6 Å². The zero-order valence-electron chi connectivity index (χ0n) is 13.2. The minimum absolute atomic E-state index is 0.0809. The highest BCUT2D eigenvalue weighted by Crippen LogP contribution is 2.21. The molecule has 0 radical (unpaired) electrons. The molecule has 1 fully saturated rings. The highest BCUT2D eigenvalue weighted by molar-refractivity contribution is 5.81. The number of likely N-dealkylation sites (tertiary alicyclic amines) is 1. The lowest BCUT2D eigenvalue weighted by Crippen LogP contribution is -2.47. The molecule has 2 rings (SSSR count). The average Bonchev–Trinajstić information content (AvgIpc) is 3.07. The third-order valence-corrected chi connectivity index (χ3v) is 4.11. The topological polar surface area (TPSA) is 82.8 Å². The van der Waals surface area contributed by atoms with E-state index in [1.807, 2.05) is 6.92 Å². The highest BCUT2D eigenvalue weighted by atomic mass is 16.4. The summed E-state index contributed by atoms with van der Waals surface area (Å²) in [6.07, 6.45) is 3.54. The number of rotatable bonds is 5. The lowest BCUT2D eigenvalue weighted by molar-refractivity contribution is -0.135. The molecule has 1 aromatic heterocycles. The van der Waals surface area contributed by atoms with Gasteiger partial charge in [0.2, 0.25) is 11.8 Å². The van der Waals surface area contributed by atoms with Crippen LogP contribution in [0.1, 0.15) is 38.9 Å². The van der Waals surface area contributed by atoms with Crippen LogP contribution in [0.25, 0.3) is 0 Å². The van der Waals surface area contributed by atoms with Gasteiger partial charge in [-0.25, -0.2) is 0 Å². The molecule has 0 saturated carbocycles. The van der Waals surface area contributed by atoms with Gasteiger partial charge in [0.1, 0.15) is 11.4 Å². The fraction of sp³-hybridized carbons (Fsp3) is 0.625. The summed E-state index contributed by atoms with van der Waals surface area (Å²) >= 11 is 0. The van der Waals surface area contributed by atoms with Crippen LogP contribution in [-0.4, -0.2) is 41.5 Å². The Morgan fingerprint density at radius 3 is 2.95 bits per heavy atom. The third kappa shape index (κ3) is 3.88. The standard InChI is InChI=1S/C16H24N2O4/c1-3-14(19)18-8-4-6-12(10-18)15(20)17-11-16(2,21)13-7-5-9-22-13/h5,7,9,12,21H,3-4,6,8,10-11H2,1-2H3,(H,17,20). The number of nitrogens with one attached hydrogen (secondary N) is 1. The first-order valence-corrected chi connectivity index (χ1v) is 7.76. The van der Waals surface area contributed by atoms with Crippen LogP contribution in [0.2, 0.25) is 0 Å². The Balaban J connectivity index is 1.88. The Hall–Kier alpha value is -1.82. The van der Waals surface area contributed by atoms with E-state index < -0.39 is 5.60 Å². The smallest absolute Gasteiger partial charge is 0.225 e. The highest BCUT2D eigenvalue weighted by Gasteiger charge is 2.31. The molecule has 0 aromatic carbocycles. The monoisotopic (exact) mass is 308 g/mol. The van der Waals surface area contributed by atoms with Crippen molar-refractivity contribution in [3.05, 3.63) is 24.2 Å². The van der Waals surface area contributed by atoms with Gasteiger partial charge in [-0.1, -0.05) is 6.92 Å². The first kappa shape index (κ1) is 16.5. The molecule has 2 amide bonds. The molecular weight excluding hydrogens is 284 g/mol. The van der Waals surface area contributed by atoms with Crippen LogP contribution in [0.15, 0.2) is 22.8 Å². The first-order chi connectivity index (χ1) is 10.4. The minimum Gasteiger partial charge on any atom is -0.466 e. The van der Waals surface area contributed by atoms with Gasteiger partial charge >= 0.3 is 0 Å². The second-order valence-electron chi connectivity index (χ2n) is 6.00. The molecule has 1 aliphatic rings. The van der Waals surface area contributed by atoms with Gasteiger partial charge in [-0.05, 0) is 31.9 Å². The Bertz CT molecular complexity index is 510. The van der Waals surface area contributed by atoms with Gasteiger partial charge in [-0.2, -0.15) is 0 Å². The van der Waals surface area contributed by atoms with Crippen LogP contribution >= 0.6 is 0 Å². The van der Waals surface area contributed by atoms with Gasteiger partial charge in [-0.3, -0.25) is 9.59 Å². The van der Waals surface area contributed by atoms with Crippen LogP contribution in [0.5, 0.6) is 0 Å². The predicted octanol–water partition coefficient (Wildman–Crippen LogP) is 1.25. The van der Waals surface area contributed by atoms with Gasteiger partial charge in [0.15, 0.2) is 0 Å². The molecule has 0 spiro atoms. The van der Waals surface area contributed by atoms with E-state index in [1.165, 1.54) is 6.26 Å². The number of hydrogen-bond donors (Lipinski definition) is 2. The molecule has 2 atom stereocenters. The molecule has 2 unspecified atom stereocenters. The van der Waals surface area contributed by atoms with E-state index in [0.29, 0.717) is 18.7 Å². The summed E-state index contributed by atoms with van der Waals surface area (Å²) in [5.41, 5.74) is -1.24. The second kappa shape index (κ2) is 6.96.